The third-order valence-electron chi connectivity index (χ3n) is 3.74. The summed E-state index contributed by atoms with van der Waals surface area (Å²) in [5.74, 6) is 0. The fraction of sp³-hybridized carbons (Fsp3) is 0.375. The fourth-order valence-corrected chi connectivity index (χ4v) is 2.84. The zero-order valence-electron chi connectivity index (χ0n) is 9.71. The normalized spacial score (nSPS) is 26.2. The molecular weight excluding hydrogens is 192 g/mol. The van der Waals surface area contributed by atoms with E-state index >= 15 is 0 Å². The van der Waals surface area contributed by atoms with E-state index in [4.69, 9.17) is 0 Å². The highest BCUT2D eigenvalue weighted by molar-refractivity contribution is 5.62. The van der Waals surface area contributed by atoms with Crippen molar-refractivity contribution < 1.29 is 0 Å². The zero-order chi connectivity index (χ0) is 10.8. The Morgan fingerprint density at radius 2 is 1.62 bits per heavy atom. The van der Waals surface area contributed by atoms with Crippen LogP contribution in [0.3, 0.4) is 0 Å². The van der Waals surface area contributed by atoms with Crippen LogP contribution >= 0.6 is 0 Å². The molecule has 0 heterocycles. The van der Waals surface area contributed by atoms with Crippen LogP contribution in [0.15, 0.2) is 41.5 Å². The molecule has 1 aromatic rings. The van der Waals surface area contributed by atoms with Crippen LogP contribution in [0.5, 0.6) is 0 Å². The molecule has 2 aliphatic rings. The van der Waals surface area contributed by atoms with Gasteiger partial charge >= 0.3 is 0 Å². The van der Waals surface area contributed by atoms with E-state index in [9.17, 15) is 0 Å². The van der Waals surface area contributed by atoms with Crippen LogP contribution in [0.2, 0.25) is 0 Å². The zero-order valence-corrected chi connectivity index (χ0v) is 9.71. The first-order valence-corrected chi connectivity index (χ1v) is 6.41. The highest BCUT2D eigenvalue weighted by Crippen LogP contribution is 2.33. The first-order valence-electron chi connectivity index (χ1n) is 6.41. The molecule has 0 unspecified atom stereocenters. The van der Waals surface area contributed by atoms with Crippen LogP contribution in [0.4, 0.5) is 0 Å². The molecule has 1 fully saturated rings. The number of hydrogen-bond acceptors (Lipinski definition) is 0. The summed E-state index contributed by atoms with van der Waals surface area (Å²) in [7, 11) is 0. The Morgan fingerprint density at radius 3 is 2.56 bits per heavy atom. The van der Waals surface area contributed by atoms with Crippen LogP contribution in [-0.4, -0.2) is 0 Å². The second-order valence-electron chi connectivity index (χ2n) is 4.84. The van der Waals surface area contributed by atoms with Gasteiger partial charge in [0.1, 0.15) is 0 Å². The molecule has 0 bridgehead atoms. The lowest BCUT2D eigenvalue weighted by molar-refractivity contribution is 0.677. The lowest BCUT2D eigenvalue weighted by atomic mass is 9.85. The summed E-state index contributed by atoms with van der Waals surface area (Å²) in [5.41, 5.74) is 6.18. The molecule has 0 amide bonds. The monoisotopic (exact) mass is 210 g/mol. The summed E-state index contributed by atoms with van der Waals surface area (Å²) in [6, 6.07) is 8.85. The standard InChI is InChI=1S/C16H18/c1-3-8-15-12-16-9-4-2-7-14(16)11-5-10-13(15)6-1/h1,3,6,8,11-12H,2,4-5,7,9-10H2/b14-11-,16-12-. The van der Waals surface area contributed by atoms with Crippen LogP contribution in [0, 0.1) is 0 Å². The smallest absolute Gasteiger partial charge is 0.0222 e. The van der Waals surface area contributed by atoms with E-state index in [-0.39, 0.29) is 0 Å². The highest BCUT2D eigenvalue weighted by atomic mass is 14.2. The maximum Gasteiger partial charge on any atom is -0.0222 e. The van der Waals surface area contributed by atoms with Crippen molar-refractivity contribution >= 4 is 6.08 Å². The Hall–Kier alpha value is -1.30. The molecule has 0 radical (unpaired) electrons. The summed E-state index contributed by atoms with van der Waals surface area (Å²) in [6.45, 7) is 0. The molecule has 0 N–H and O–H groups in total. The van der Waals surface area contributed by atoms with Gasteiger partial charge in [0.2, 0.25) is 0 Å². The van der Waals surface area contributed by atoms with Crippen molar-refractivity contribution in [3.8, 4) is 0 Å². The topological polar surface area (TPSA) is 0 Å². The van der Waals surface area contributed by atoms with Crippen LogP contribution < -0.4 is 0 Å². The molecule has 0 nitrogen and oxygen atoms in total. The third kappa shape index (κ3) is 1.84. The van der Waals surface area contributed by atoms with E-state index in [0.29, 0.717) is 0 Å². The molecule has 1 aromatic carbocycles. The van der Waals surface area contributed by atoms with Gasteiger partial charge in [0.05, 0.1) is 0 Å². The maximum absolute atomic E-state index is 2.47. The van der Waals surface area contributed by atoms with Crippen LogP contribution in [0.25, 0.3) is 6.08 Å². The minimum atomic E-state index is 1.20. The fourth-order valence-electron chi connectivity index (χ4n) is 2.84. The summed E-state index contributed by atoms with van der Waals surface area (Å²) < 4.78 is 0. The van der Waals surface area contributed by atoms with Crippen molar-refractivity contribution in [2.75, 3.05) is 0 Å². The van der Waals surface area contributed by atoms with Crippen molar-refractivity contribution in [3.05, 3.63) is 52.6 Å². The van der Waals surface area contributed by atoms with Crippen LogP contribution in [-0.2, 0) is 6.42 Å². The van der Waals surface area contributed by atoms with Gasteiger partial charge in [0.15, 0.2) is 0 Å². The molecule has 16 heavy (non-hydrogen) atoms. The van der Waals surface area contributed by atoms with E-state index in [1.54, 1.807) is 11.1 Å². The number of fused-ring (bicyclic) bond motifs is 2. The molecule has 0 atom stereocenters. The van der Waals surface area contributed by atoms with E-state index in [0.717, 1.165) is 0 Å². The number of aryl methyl sites for hydroxylation is 1. The predicted octanol–water partition coefficient (Wildman–Crippen LogP) is 4.52. The average molecular weight is 210 g/mol. The van der Waals surface area contributed by atoms with E-state index in [1.165, 1.54) is 49.7 Å². The van der Waals surface area contributed by atoms with E-state index < -0.39 is 0 Å². The van der Waals surface area contributed by atoms with E-state index in [1.807, 2.05) is 0 Å². The van der Waals surface area contributed by atoms with Gasteiger partial charge in [-0.25, -0.2) is 0 Å². The Kier molecular flexibility index (Phi) is 2.65. The van der Waals surface area contributed by atoms with Crippen molar-refractivity contribution in [2.45, 2.75) is 38.5 Å². The minimum absolute atomic E-state index is 1.20. The van der Waals surface area contributed by atoms with Crippen molar-refractivity contribution in [2.24, 2.45) is 0 Å². The Labute approximate surface area is 97.7 Å². The molecule has 0 aliphatic heterocycles. The molecule has 1 saturated carbocycles. The highest BCUT2D eigenvalue weighted by Gasteiger charge is 2.13. The molecule has 0 saturated heterocycles. The lowest BCUT2D eigenvalue weighted by Gasteiger charge is -2.21. The van der Waals surface area contributed by atoms with Crippen molar-refractivity contribution in [1.82, 2.24) is 0 Å². The van der Waals surface area contributed by atoms with Gasteiger partial charge in [-0.15, -0.1) is 0 Å². The Bertz CT molecular complexity index is 449. The molecule has 0 aromatic heterocycles. The number of benzene rings is 1. The SMILES string of the molecule is C1=C2/CCCC/C2=C/c2ccccc2CC/1. The largest absolute Gasteiger partial charge is 0.0807 e. The van der Waals surface area contributed by atoms with Gasteiger partial charge in [0.25, 0.3) is 0 Å². The maximum atomic E-state index is 2.47. The summed E-state index contributed by atoms with van der Waals surface area (Å²) in [5, 5.41) is 0. The third-order valence-corrected chi connectivity index (χ3v) is 3.74. The Balaban J connectivity index is 2.06. The summed E-state index contributed by atoms with van der Waals surface area (Å²) in [4.78, 5) is 0. The quantitative estimate of drug-likeness (QED) is 0.590. The number of rotatable bonds is 0. The molecule has 2 aliphatic carbocycles. The second kappa shape index (κ2) is 4.29. The number of allylic oxidation sites excluding steroid dienone is 3. The van der Waals surface area contributed by atoms with Gasteiger partial charge in [-0.1, -0.05) is 36.4 Å². The van der Waals surface area contributed by atoms with Gasteiger partial charge < -0.3 is 0 Å². The molecule has 3 rings (SSSR count). The molecule has 82 valence electrons. The summed E-state index contributed by atoms with van der Waals surface area (Å²) >= 11 is 0. The van der Waals surface area contributed by atoms with E-state index in [2.05, 4.69) is 36.4 Å². The van der Waals surface area contributed by atoms with Crippen molar-refractivity contribution in [3.63, 3.8) is 0 Å². The molecular formula is C16H18. The first kappa shape index (κ1) is 9.89. The predicted molar refractivity (Wildman–Crippen MR) is 69.3 cm³/mol. The van der Waals surface area contributed by atoms with Gasteiger partial charge in [-0.05, 0) is 60.8 Å². The van der Waals surface area contributed by atoms with Crippen LogP contribution in [0.1, 0.15) is 43.2 Å². The Morgan fingerprint density at radius 1 is 0.812 bits per heavy atom. The molecule has 0 heteroatoms. The van der Waals surface area contributed by atoms with Gasteiger partial charge in [-0.2, -0.15) is 0 Å². The van der Waals surface area contributed by atoms with Gasteiger partial charge in [-0.3, -0.25) is 0 Å². The van der Waals surface area contributed by atoms with Gasteiger partial charge in [0, 0.05) is 0 Å². The lowest BCUT2D eigenvalue weighted by Crippen LogP contribution is -2.02. The average Bonchev–Trinajstić information content (AvgIpc) is 2.29. The van der Waals surface area contributed by atoms with Crippen molar-refractivity contribution in [1.29, 1.82) is 0 Å². The second-order valence-corrected chi connectivity index (χ2v) is 4.84. The minimum Gasteiger partial charge on any atom is -0.0807 e. The molecule has 0 spiro atoms. The first-order chi connectivity index (χ1) is 7.93. The summed E-state index contributed by atoms with van der Waals surface area (Å²) in [6.07, 6.45) is 12.6. The number of hydrogen-bond donors (Lipinski definition) is 0.